The maximum atomic E-state index is 12.6. The van der Waals surface area contributed by atoms with E-state index in [4.69, 9.17) is 4.98 Å². The van der Waals surface area contributed by atoms with Crippen LogP contribution in [0.5, 0.6) is 0 Å². The summed E-state index contributed by atoms with van der Waals surface area (Å²) in [5, 5.41) is 10.2. The number of hydrogen-bond donors (Lipinski definition) is 3. The van der Waals surface area contributed by atoms with E-state index in [0.29, 0.717) is 12.1 Å². The minimum atomic E-state index is 0. The number of nitrogens with zero attached hydrogens (tertiary/aromatic N) is 4. The second-order valence-corrected chi connectivity index (χ2v) is 9.83. The highest BCUT2D eigenvalue weighted by atomic mass is 35.5. The molecule has 11 heteroatoms. The number of anilines is 2. The Kier molecular flexibility index (Phi) is 16.0. The molecule has 0 aromatic carbocycles. The lowest BCUT2D eigenvalue weighted by Crippen LogP contribution is -2.52. The highest BCUT2D eigenvalue weighted by molar-refractivity contribution is 5.86. The zero-order chi connectivity index (χ0) is 22.9. The number of carbonyl (C=O) groups is 1. The van der Waals surface area contributed by atoms with E-state index < -0.39 is 0 Å². The summed E-state index contributed by atoms with van der Waals surface area (Å²) in [6.07, 6.45) is 12.2. The molecule has 1 aromatic rings. The first-order chi connectivity index (χ1) is 16.2. The van der Waals surface area contributed by atoms with Crippen molar-refractivity contribution in [1.82, 2.24) is 25.5 Å². The summed E-state index contributed by atoms with van der Waals surface area (Å²) >= 11 is 0. The number of carbonyl (C=O) groups excluding carboxylic acids is 1. The molecule has 3 saturated heterocycles. The molecule has 8 nitrogen and oxygen atoms in total. The fourth-order valence-electron chi connectivity index (χ4n) is 5.70. The number of halogens is 3. The third-order valence-electron chi connectivity index (χ3n) is 7.63. The maximum Gasteiger partial charge on any atom is 0.224 e. The maximum absolute atomic E-state index is 12.6. The predicted molar refractivity (Wildman–Crippen MR) is 155 cm³/mol. The Hall–Kier alpha value is -1.06. The van der Waals surface area contributed by atoms with Gasteiger partial charge in [0, 0.05) is 43.8 Å². The number of nitrogens with one attached hydrogen (secondary N) is 3. The molecular weight excluding hydrogens is 521 g/mol. The number of rotatable bonds is 8. The molecule has 2 unspecified atom stereocenters. The summed E-state index contributed by atoms with van der Waals surface area (Å²) < 4.78 is 0. The minimum absolute atomic E-state index is 0. The first-order valence-electron chi connectivity index (χ1n) is 13.3. The van der Waals surface area contributed by atoms with Gasteiger partial charge >= 0.3 is 0 Å². The van der Waals surface area contributed by atoms with Gasteiger partial charge in [-0.2, -0.15) is 4.98 Å². The van der Waals surface area contributed by atoms with Crippen LogP contribution < -0.4 is 20.9 Å². The van der Waals surface area contributed by atoms with Crippen LogP contribution in [0.15, 0.2) is 12.3 Å². The van der Waals surface area contributed by atoms with Crippen LogP contribution in [0.25, 0.3) is 0 Å². The van der Waals surface area contributed by atoms with Crippen molar-refractivity contribution in [2.75, 3.05) is 56.0 Å². The highest BCUT2D eigenvalue weighted by Crippen LogP contribution is 2.24. The van der Waals surface area contributed by atoms with Gasteiger partial charge in [-0.25, -0.2) is 4.98 Å². The zero-order valence-corrected chi connectivity index (χ0v) is 24.1. The molecule has 0 saturated carbocycles. The Morgan fingerprint density at radius 3 is 2.44 bits per heavy atom. The number of piperidine rings is 2. The number of likely N-dealkylation sites (N-methyl/N-ethyl adjacent to an activating group) is 1. The minimum Gasteiger partial charge on any atom is -0.356 e. The standard InChI is InChI=1S/C25H43N7O.3ClH/c1-2-31-19-7-8-21(22(31)11-15-27-24(33)20-9-13-26-14-10-20)29-25-28-16-12-23(30-25)32-17-5-3-4-6-18-32;;;/h12,16,20-22,26H,2-11,13-15,17-19H2,1H3,(H,27,33)(H,28,29,30);3*1H. The van der Waals surface area contributed by atoms with Crippen LogP contribution in [0.3, 0.4) is 0 Å². The van der Waals surface area contributed by atoms with Gasteiger partial charge in [-0.05, 0) is 77.2 Å². The van der Waals surface area contributed by atoms with Crippen molar-refractivity contribution in [2.45, 2.75) is 76.8 Å². The van der Waals surface area contributed by atoms with Crippen LogP contribution in [0, 0.1) is 5.92 Å². The van der Waals surface area contributed by atoms with Crippen LogP contribution in [-0.2, 0) is 4.79 Å². The molecule has 0 spiro atoms. The average Bonchev–Trinajstić information content (AvgIpc) is 3.15. The van der Waals surface area contributed by atoms with Gasteiger partial charge in [0.05, 0.1) is 0 Å². The summed E-state index contributed by atoms with van der Waals surface area (Å²) in [5.41, 5.74) is 0. The van der Waals surface area contributed by atoms with Gasteiger partial charge in [0.2, 0.25) is 11.9 Å². The summed E-state index contributed by atoms with van der Waals surface area (Å²) in [6.45, 7) is 9.19. The van der Waals surface area contributed by atoms with E-state index in [2.05, 4.69) is 37.7 Å². The number of amides is 1. The Labute approximate surface area is 235 Å². The van der Waals surface area contributed by atoms with Crippen LogP contribution in [-0.4, -0.2) is 78.7 Å². The van der Waals surface area contributed by atoms with E-state index in [1.165, 1.54) is 32.1 Å². The summed E-state index contributed by atoms with van der Waals surface area (Å²) in [5.74, 6) is 2.18. The van der Waals surface area contributed by atoms with E-state index in [1.54, 1.807) is 0 Å². The van der Waals surface area contributed by atoms with Crippen molar-refractivity contribution in [2.24, 2.45) is 5.92 Å². The van der Waals surface area contributed by atoms with Crippen molar-refractivity contribution in [3.63, 3.8) is 0 Å². The lowest BCUT2D eigenvalue weighted by atomic mass is 9.93. The molecule has 3 fully saturated rings. The Bertz CT molecular complexity index is 746. The number of aromatic nitrogens is 2. The molecule has 0 radical (unpaired) electrons. The van der Waals surface area contributed by atoms with Gasteiger partial charge in [-0.3, -0.25) is 9.69 Å². The van der Waals surface area contributed by atoms with Gasteiger partial charge in [0.15, 0.2) is 0 Å². The van der Waals surface area contributed by atoms with E-state index in [9.17, 15) is 4.79 Å². The third-order valence-corrected chi connectivity index (χ3v) is 7.63. The van der Waals surface area contributed by atoms with Crippen molar-refractivity contribution >= 4 is 54.9 Å². The van der Waals surface area contributed by atoms with Gasteiger partial charge in [0.25, 0.3) is 0 Å². The fourth-order valence-corrected chi connectivity index (χ4v) is 5.70. The quantitative estimate of drug-likeness (QED) is 0.440. The summed E-state index contributed by atoms with van der Waals surface area (Å²) in [6, 6.07) is 2.72. The van der Waals surface area contributed by atoms with E-state index in [-0.39, 0.29) is 49.0 Å². The highest BCUT2D eigenvalue weighted by Gasteiger charge is 2.31. The topological polar surface area (TPSA) is 85.4 Å². The summed E-state index contributed by atoms with van der Waals surface area (Å²) in [4.78, 5) is 27.0. The Morgan fingerprint density at radius 1 is 1.03 bits per heavy atom. The Morgan fingerprint density at radius 2 is 1.75 bits per heavy atom. The second-order valence-electron chi connectivity index (χ2n) is 9.83. The largest absolute Gasteiger partial charge is 0.356 e. The number of hydrogen-bond acceptors (Lipinski definition) is 7. The molecule has 208 valence electrons. The molecule has 1 aromatic heterocycles. The van der Waals surface area contributed by atoms with Gasteiger partial charge in [-0.1, -0.05) is 19.8 Å². The number of likely N-dealkylation sites (tertiary alicyclic amines) is 1. The van der Waals surface area contributed by atoms with Gasteiger partial charge in [0.1, 0.15) is 5.82 Å². The van der Waals surface area contributed by atoms with Crippen molar-refractivity contribution in [3.05, 3.63) is 12.3 Å². The first-order valence-corrected chi connectivity index (χ1v) is 13.3. The van der Waals surface area contributed by atoms with Crippen LogP contribution in [0.1, 0.15) is 64.7 Å². The lowest BCUT2D eigenvalue weighted by molar-refractivity contribution is -0.125. The third kappa shape index (κ3) is 9.35. The molecule has 3 aliphatic heterocycles. The zero-order valence-electron chi connectivity index (χ0n) is 21.6. The molecule has 4 rings (SSSR count). The van der Waals surface area contributed by atoms with Gasteiger partial charge in [-0.15, -0.1) is 37.2 Å². The van der Waals surface area contributed by atoms with Crippen molar-refractivity contribution in [3.8, 4) is 0 Å². The normalized spacial score (nSPS) is 23.3. The molecule has 2 atom stereocenters. The molecule has 36 heavy (non-hydrogen) atoms. The Balaban J connectivity index is 0.00000216. The predicted octanol–water partition coefficient (Wildman–Crippen LogP) is 3.89. The molecule has 3 aliphatic rings. The smallest absolute Gasteiger partial charge is 0.224 e. The molecule has 1 amide bonds. The SMILES string of the molecule is CCN1CCCC(Nc2nccc(N3CCCCCC3)n2)C1CCNC(=O)C1CCNCC1.Cl.Cl.Cl. The molecule has 3 N–H and O–H groups in total. The lowest BCUT2D eigenvalue weighted by Gasteiger charge is -2.41. The van der Waals surface area contributed by atoms with Gasteiger partial charge < -0.3 is 20.9 Å². The van der Waals surface area contributed by atoms with Crippen molar-refractivity contribution < 1.29 is 4.79 Å². The summed E-state index contributed by atoms with van der Waals surface area (Å²) in [7, 11) is 0. The molecule has 0 bridgehead atoms. The average molecular weight is 567 g/mol. The fraction of sp³-hybridized carbons (Fsp3) is 0.800. The van der Waals surface area contributed by atoms with Crippen LogP contribution >= 0.6 is 37.2 Å². The van der Waals surface area contributed by atoms with E-state index >= 15 is 0 Å². The first kappa shape index (κ1) is 33.0. The monoisotopic (exact) mass is 565 g/mol. The van der Waals surface area contributed by atoms with Crippen molar-refractivity contribution in [1.29, 1.82) is 0 Å². The molecule has 4 heterocycles. The van der Waals surface area contributed by atoms with Crippen LogP contribution in [0.4, 0.5) is 11.8 Å². The van der Waals surface area contributed by atoms with E-state index in [0.717, 1.165) is 83.3 Å². The van der Waals surface area contributed by atoms with E-state index in [1.807, 2.05) is 12.3 Å². The van der Waals surface area contributed by atoms with Crippen LogP contribution in [0.2, 0.25) is 0 Å². The molecular formula is C25H46Cl3N7O. The second kappa shape index (κ2) is 17.4. The molecule has 0 aliphatic carbocycles.